The van der Waals surface area contributed by atoms with E-state index in [2.05, 4.69) is 59.0 Å². The molecule has 0 aromatic heterocycles. The number of hydrogen-bond acceptors (Lipinski definition) is 6. The lowest BCUT2D eigenvalue weighted by Crippen LogP contribution is -2.42. The van der Waals surface area contributed by atoms with Gasteiger partial charge < -0.3 is 24.3 Å². The summed E-state index contributed by atoms with van der Waals surface area (Å²) in [4.78, 5) is 12.8. The maximum atomic E-state index is 12.8. The number of alkyl carbamates (subject to hydrolysis) is 1. The van der Waals surface area contributed by atoms with Crippen molar-refractivity contribution >= 4 is 6.09 Å². The highest BCUT2D eigenvalue weighted by Gasteiger charge is 2.33. The standard InChI is InChI=1S/C49H95NO6/c1-8-14-16-18-20-22-24-26-27-29-31-33-35-37-40-54-44-46(43-53-39-36-34-32-30-28-25-23-21-19-17-15-9-2)42-50-47(51)55-41-38-48(10-3,11-4)56-45-49(12-5,13-6)52-7/h34,36,44,46H,8-33,35,37-43,45H2,1-7H3/p+1/b36-34+. The fraction of sp³-hybridized carbons (Fsp3) is 0.918. The van der Waals surface area contributed by atoms with Crippen LogP contribution in [0.3, 0.4) is 0 Å². The van der Waals surface area contributed by atoms with E-state index in [1.165, 1.54) is 141 Å². The molecule has 0 bridgehead atoms. The van der Waals surface area contributed by atoms with Gasteiger partial charge in [0.15, 0.2) is 5.92 Å². The van der Waals surface area contributed by atoms with Crippen molar-refractivity contribution in [1.29, 1.82) is 0 Å². The summed E-state index contributed by atoms with van der Waals surface area (Å²) in [7, 11) is 1.76. The molecule has 0 aliphatic heterocycles. The Morgan fingerprint density at radius 2 is 1.09 bits per heavy atom. The SMILES string of the molecule is CCCCCCCCCCC/C=C/COCC([CH+]OCCCCCCCCCCCCCCCC)CNC(=O)OCCC(CC)(CC)OCC(CC)(CC)OC. The molecule has 0 heterocycles. The third-order valence-corrected chi connectivity index (χ3v) is 12.0. The van der Waals surface area contributed by atoms with Gasteiger partial charge in [0.2, 0.25) is 6.61 Å². The lowest BCUT2D eigenvalue weighted by Gasteiger charge is -2.38. The molecule has 1 amide bonds. The monoisotopic (exact) mass is 795 g/mol. The Kier molecular flexibility index (Phi) is 39.6. The molecule has 0 aromatic carbocycles. The topological polar surface area (TPSA) is 75.3 Å². The number of rotatable bonds is 44. The minimum Gasteiger partial charge on any atom is -0.449 e. The van der Waals surface area contributed by atoms with Crippen molar-refractivity contribution in [3.63, 3.8) is 0 Å². The highest BCUT2D eigenvalue weighted by molar-refractivity contribution is 5.67. The summed E-state index contributed by atoms with van der Waals surface area (Å²) in [6, 6.07) is 0. The average Bonchev–Trinajstić information content (AvgIpc) is 3.22. The largest absolute Gasteiger partial charge is 0.449 e. The predicted molar refractivity (Wildman–Crippen MR) is 239 cm³/mol. The number of carbonyl (C=O) groups excluding carboxylic acids is 1. The summed E-state index contributed by atoms with van der Waals surface area (Å²) < 4.78 is 30.0. The molecule has 0 spiro atoms. The Morgan fingerprint density at radius 3 is 1.57 bits per heavy atom. The van der Waals surface area contributed by atoms with E-state index in [0.717, 1.165) is 38.5 Å². The second-order valence-corrected chi connectivity index (χ2v) is 16.5. The number of amides is 1. The summed E-state index contributed by atoms with van der Waals surface area (Å²) in [5, 5.41) is 2.96. The van der Waals surface area contributed by atoms with Crippen LogP contribution in [0.4, 0.5) is 4.79 Å². The third kappa shape index (κ3) is 31.7. The van der Waals surface area contributed by atoms with E-state index in [-0.39, 0.29) is 17.1 Å². The molecule has 0 saturated carbocycles. The van der Waals surface area contributed by atoms with E-state index in [0.29, 0.717) is 46.0 Å². The van der Waals surface area contributed by atoms with Crippen LogP contribution in [0.25, 0.3) is 0 Å². The zero-order chi connectivity index (χ0) is 41.3. The van der Waals surface area contributed by atoms with Gasteiger partial charge in [0, 0.05) is 13.5 Å². The fourth-order valence-corrected chi connectivity index (χ4v) is 7.34. The number of carbonyl (C=O) groups is 1. The molecule has 0 saturated heterocycles. The molecule has 0 aliphatic carbocycles. The molecule has 0 aromatic rings. The molecule has 56 heavy (non-hydrogen) atoms. The molecule has 0 rings (SSSR count). The minimum absolute atomic E-state index is 0.0566. The van der Waals surface area contributed by atoms with Crippen molar-refractivity contribution in [3.8, 4) is 0 Å². The number of unbranched alkanes of at least 4 members (excludes halogenated alkanes) is 22. The van der Waals surface area contributed by atoms with Crippen LogP contribution in [0.5, 0.6) is 0 Å². The number of methoxy groups -OCH3 is 1. The summed E-state index contributed by atoms with van der Waals surface area (Å²) in [6.45, 7) is 18.0. The van der Waals surface area contributed by atoms with E-state index in [1.807, 2.05) is 6.61 Å². The Bertz CT molecular complexity index is 834. The maximum Gasteiger partial charge on any atom is 0.407 e. The lowest BCUT2D eigenvalue weighted by molar-refractivity contribution is -0.144. The number of hydrogen-bond donors (Lipinski definition) is 1. The van der Waals surface area contributed by atoms with Crippen molar-refractivity contribution in [2.75, 3.05) is 46.7 Å². The molecule has 1 atom stereocenters. The molecular weight excluding hydrogens is 699 g/mol. The Hall–Kier alpha value is -1.28. The molecule has 0 radical (unpaired) electrons. The van der Waals surface area contributed by atoms with E-state index in [1.54, 1.807) is 7.11 Å². The predicted octanol–water partition coefficient (Wildman–Crippen LogP) is 14.7. The van der Waals surface area contributed by atoms with Gasteiger partial charge in [-0.25, -0.2) is 4.79 Å². The van der Waals surface area contributed by atoms with Crippen LogP contribution in [-0.2, 0) is 23.7 Å². The van der Waals surface area contributed by atoms with Gasteiger partial charge in [-0.2, -0.15) is 4.74 Å². The first-order valence-electron chi connectivity index (χ1n) is 24.2. The normalized spacial score (nSPS) is 12.8. The van der Waals surface area contributed by atoms with Crippen molar-refractivity contribution < 1.29 is 28.5 Å². The average molecular weight is 795 g/mol. The van der Waals surface area contributed by atoms with Gasteiger partial charge in [-0.05, 0) is 44.9 Å². The van der Waals surface area contributed by atoms with Gasteiger partial charge in [-0.15, -0.1) is 0 Å². The van der Waals surface area contributed by atoms with Crippen LogP contribution >= 0.6 is 0 Å². The maximum absolute atomic E-state index is 12.8. The molecular formula is C49H96NO6+. The first kappa shape index (κ1) is 54.7. The summed E-state index contributed by atoms with van der Waals surface area (Å²) >= 11 is 0. The highest BCUT2D eigenvalue weighted by atomic mass is 16.6. The third-order valence-electron chi connectivity index (χ3n) is 12.0. The zero-order valence-corrected chi connectivity index (χ0v) is 38.5. The molecule has 1 N–H and O–H groups in total. The molecule has 7 heteroatoms. The zero-order valence-electron chi connectivity index (χ0n) is 38.5. The van der Waals surface area contributed by atoms with Crippen molar-refractivity contribution in [3.05, 3.63) is 18.8 Å². The molecule has 332 valence electrons. The smallest absolute Gasteiger partial charge is 0.407 e. The van der Waals surface area contributed by atoms with E-state index in [4.69, 9.17) is 23.7 Å². The van der Waals surface area contributed by atoms with E-state index < -0.39 is 6.09 Å². The molecule has 1 unspecified atom stereocenters. The van der Waals surface area contributed by atoms with Gasteiger partial charge in [-0.3, -0.25) is 0 Å². The van der Waals surface area contributed by atoms with Gasteiger partial charge in [-0.1, -0.05) is 189 Å². The number of allylic oxidation sites excluding steroid dienone is 1. The second-order valence-electron chi connectivity index (χ2n) is 16.5. The van der Waals surface area contributed by atoms with Gasteiger partial charge in [0.25, 0.3) is 0 Å². The quantitative estimate of drug-likeness (QED) is 0.0376. The van der Waals surface area contributed by atoms with Gasteiger partial charge >= 0.3 is 6.09 Å². The molecule has 0 aliphatic rings. The van der Waals surface area contributed by atoms with Crippen LogP contribution in [0.1, 0.15) is 228 Å². The fourth-order valence-electron chi connectivity index (χ4n) is 7.34. The Morgan fingerprint density at radius 1 is 0.607 bits per heavy atom. The molecule has 0 fully saturated rings. The number of ether oxygens (including phenoxy) is 5. The van der Waals surface area contributed by atoms with Gasteiger partial charge in [0.05, 0.1) is 50.8 Å². The van der Waals surface area contributed by atoms with Crippen molar-refractivity contribution in [2.24, 2.45) is 5.92 Å². The summed E-state index contributed by atoms with van der Waals surface area (Å²) in [6.07, 6.45) is 40.2. The molecule has 7 nitrogen and oxygen atoms in total. The van der Waals surface area contributed by atoms with Crippen LogP contribution in [0.2, 0.25) is 0 Å². The Balaban J connectivity index is 4.57. The first-order valence-corrected chi connectivity index (χ1v) is 24.2. The Labute approximate surface area is 349 Å². The minimum atomic E-state index is -0.411. The lowest BCUT2D eigenvalue weighted by atomic mass is 9.92. The van der Waals surface area contributed by atoms with Crippen LogP contribution in [-0.4, -0.2) is 64.0 Å². The highest BCUT2D eigenvalue weighted by Crippen LogP contribution is 2.29. The van der Waals surface area contributed by atoms with Crippen LogP contribution in [0, 0.1) is 12.5 Å². The van der Waals surface area contributed by atoms with Crippen LogP contribution in [0.15, 0.2) is 12.2 Å². The van der Waals surface area contributed by atoms with Crippen molar-refractivity contribution in [2.45, 2.75) is 239 Å². The second kappa shape index (κ2) is 40.5. The first-order chi connectivity index (χ1) is 27.4. The van der Waals surface area contributed by atoms with Crippen LogP contribution < -0.4 is 5.32 Å². The van der Waals surface area contributed by atoms with E-state index >= 15 is 0 Å². The summed E-state index contributed by atoms with van der Waals surface area (Å²) in [5.41, 5.74) is -0.625. The number of nitrogens with one attached hydrogen (secondary N) is 1. The van der Waals surface area contributed by atoms with Crippen molar-refractivity contribution in [1.82, 2.24) is 5.32 Å². The van der Waals surface area contributed by atoms with E-state index in [9.17, 15) is 4.79 Å². The van der Waals surface area contributed by atoms with Gasteiger partial charge in [0.1, 0.15) is 0 Å². The summed E-state index contributed by atoms with van der Waals surface area (Å²) in [5.74, 6) is -0.0566.